The Bertz CT molecular complexity index is 504. The molecular formula is C16H21F3OSi. The highest BCUT2D eigenvalue weighted by molar-refractivity contribution is 6.87. The molecule has 0 aliphatic carbocycles. The molecule has 0 spiro atoms. The Balaban J connectivity index is 3.37. The monoisotopic (exact) mass is 314 g/mol. The lowest BCUT2D eigenvalue weighted by atomic mass is 9.94. The minimum Gasteiger partial charge on any atom is -0.366 e. The van der Waals surface area contributed by atoms with Crippen LogP contribution in [0.1, 0.15) is 26.3 Å². The van der Waals surface area contributed by atoms with E-state index in [1.807, 2.05) is 20.8 Å². The molecule has 1 aromatic carbocycles. The number of rotatable bonds is 4. The molecule has 0 aliphatic heterocycles. The summed E-state index contributed by atoms with van der Waals surface area (Å²) in [5.74, 6) is 2.19. The zero-order chi connectivity index (χ0) is 16.1. The summed E-state index contributed by atoms with van der Waals surface area (Å²) in [6, 6.07) is 9.43. The maximum Gasteiger partial charge on any atom is 0.433 e. The Morgan fingerprint density at radius 3 is 1.86 bits per heavy atom. The molecule has 1 unspecified atom stereocenters. The first-order valence-electron chi connectivity index (χ1n) is 7.13. The van der Waals surface area contributed by atoms with Crippen LogP contribution in [0.2, 0.25) is 18.1 Å². The number of alkyl halides is 3. The summed E-state index contributed by atoms with van der Waals surface area (Å²) in [5.41, 5.74) is -0.470. The molecule has 1 N–H and O–H groups in total. The molecule has 0 saturated heterocycles. The van der Waals surface area contributed by atoms with Gasteiger partial charge in [0.1, 0.15) is 8.07 Å². The van der Waals surface area contributed by atoms with Crippen molar-refractivity contribution in [2.24, 2.45) is 0 Å². The second-order valence-corrected chi connectivity index (χ2v) is 10.1. The van der Waals surface area contributed by atoms with Crippen LogP contribution in [0.25, 0.3) is 0 Å². The first-order valence-corrected chi connectivity index (χ1v) is 9.75. The molecule has 1 rings (SSSR count). The van der Waals surface area contributed by atoms with E-state index in [-0.39, 0.29) is 5.56 Å². The van der Waals surface area contributed by atoms with Gasteiger partial charge in [-0.2, -0.15) is 13.2 Å². The maximum absolute atomic E-state index is 13.3. The largest absolute Gasteiger partial charge is 0.433 e. The molecule has 0 aliphatic rings. The van der Waals surface area contributed by atoms with Crippen LogP contribution in [0, 0.1) is 11.5 Å². The average molecular weight is 314 g/mol. The van der Waals surface area contributed by atoms with Crippen molar-refractivity contribution < 1.29 is 18.3 Å². The van der Waals surface area contributed by atoms with Gasteiger partial charge in [0.2, 0.25) is 5.60 Å². The standard InChI is InChI=1S/C16H21F3OSi/c1-4-21(5-2,6-3)13-12-15(20,16(17,18)19)14-10-8-7-9-11-14/h7-11,20H,4-6H2,1-3H3. The van der Waals surface area contributed by atoms with Crippen LogP contribution in [0.3, 0.4) is 0 Å². The average Bonchev–Trinajstić information content (AvgIpc) is 2.48. The molecule has 1 atom stereocenters. The molecule has 0 saturated carbocycles. The predicted molar refractivity (Wildman–Crippen MR) is 81.4 cm³/mol. The van der Waals surface area contributed by atoms with Gasteiger partial charge in [-0.05, 0) is 18.1 Å². The van der Waals surface area contributed by atoms with Gasteiger partial charge in [-0.1, -0.05) is 57.0 Å². The fourth-order valence-electron chi connectivity index (χ4n) is 2.22. The molecule has 5 heteroatoms. The highest BCUT2D eigenvalue weighted by Gasteiger charge is 2.54. The Morgan fingerprint density at radius 1 is 1.00 bits per heavy atom. The maximum atomic E-state index is 13.3. The van der Waals surface area contributed by atoms with Crippen LogP contribution in [0.4, 0.5) is 13.2 Å². The van der Waals surface area contributed by atoms with Crippen molar-refractivity contribution in [3.63, 3.8) is 0 Å². The van der Waals surface area contributed by atoms with Crippen molar-refractivity contribution in [2.75, 3.05) is 0 Å². The van der Waals surface area contributed by atoms with Gasteiger partial charge < -0.3 is 5.11 Å². The first-order chi connectivity index (χ1) is 9.74. The summed E-state index contributed by atoms with van der Waals surface area (Å²) in [5, 5.41) is 10.2. The van der Waals surface area contributed by atoms with Crippen molar-refractivity contribution >= 4 is 8.07 Å². The first kappa shape index (κ1) is 17.8. The Kier molecular flexibility index (Phi) is 5.65. The van der Waals surface area contributed by atoms with E-state index < -0.39 is 19.9 Å². The molecule has 0 heterocycles. The van der Waals surface area contributed by atoms with E-state index in [1.54, 1.807) is 6.07 Å². The predicted octanol–water partition coefficient (Wildman–Crippen LogP) is 4.49. The van der Waals surface area contributed by atoms with E-state index in [4.69, 9.17) is 0 Å². The molecule has 0 fully saturated rings. The van der Waals surface area contributed by atoms with Crippen LogP contribution < -0.4 is 0 Å². The molecule has 1 nitrogen and oxygen atoms in total. The van der Waals surface area contributed by atoms with E-state index in [0.29, 0.717) is 0 Å². The highest BCUT2D eigenvalue weighted by atomic mass is 28.3. The van der Waals surface area contributed by atoms with Crippen molar-refractivity contribution in [2.45, 2.75) is 50.7 Å². The van der Waals surface area contributed by atoms with E-state index in [2.05, 4.69) is 11.5 Å². The van der Waals surface area contributed by atoms with Crippen molar-refractivity contribution in [1.82, 2.24) is 0 Å². The molecule has 1 aromatic rings. The summed E-state index contributed by atoms with van der Waals surface area (Å²) in [6.07, 6.45) is -4.82. The number of benzene rings is 1. The van der Waals surface area contributed by atoms with E-state index >= 15 is 0 Å². The van der Waals surface area contributed by atoms with Crippen molar-refractivity contribution in [3.05, 3.63) is 35.9 Å². The second kappa shape index (κ2) is 6.67. The number of hydrogen-bond acceptors (Lipinski definition) is 1. The molecule has 116 valence electrons. The third-order valence-corrected chi connectivity index (χ3v) is 8.86. The SMILES string of the molecule is CC[Si](C#CC(O)(c1ccccc1)C(F)(F)F)(CC)CC. The summed E-state index contributed by atoms with van der Waals surface area (Å²) in [6.45, 7) is 5.88. The zero-order valence-electron chi connectivity index (χ0n) is 12.6. The summed E-state index contributed by atoms with van der Waals surface area (Å²) in [7, 11) is -2.06. The lowest BCUT2D eigenvalue weighted by molar-refractivity contribution is -0.240. The quantitative estimate of drug-likeness (QED) is 0.641. The molecular weight excluding hydrogens is 293 g/mol. The lowest BCUT2D eigenvalue weighted by Crippen LogP contribution is -2.42. The summed E-state index contributed by atoms with van der Waals surface area (Å²) in [4.78, 5) is 0. The molecule has 0 radical (unpaired) electrons. The normalized spacial score (nSPS) is 15.0. The van der Waals surface area contributed by atoms with Crippen LogP contribution in [-0.2, 0) is 5.60 Å². The summed E-state index contributed by atoms with van der Waals surface area (Å²) >= 11 is 0. The van der Waals surface area contributed by atoms with Crippen molar-refractivity contribution in [3.8, 4) is 11.5 Å². The Labute approximate surface area is 125 Å². The zero-order valence-corrected chi connectivity index (χ0v) is 13.6. The lowest BCUT2D eigenvalue weighted by Gasteiger charge is -2.27. The molecule has 0 bridgehead atoms. The fraction of sp³-hybridized carbons (Fsp3) is 0.500. The van der Waals surface area contributed by atoms with Gasteiger partial charge in [0.05, 0.1) is 0 Å². The van der Waals surface area contributed by atoms with E-state index in [0.717, 1.165) is 18.1 Å². The van der Waals surface area contributed by atoms with Gasteiger partial charge in [-0.25, -0.2) is 0 Å². The van der Waals surface area contributed by atoms with Crippen LogP contribution in [-0.4, -0.2) is 19.4 Å². The van der Waals surface area contributed by atoms with Gasteiger partial charge >= 0.3 is 6.18 Å². The van der Waals surface area contributed by atoms with Crippen LogP contribution >= 0.6 is 0 Å². The van der Waals surface area contributed by atoms with Crippen LogP contribution in [0.15, 0.2) is 30.3 Å². The highest BCUT2D eigenvalue weighted by Crippen LogP contribution is 2.38. The number of halogens is 3. The molecule has 0 amide bonds. The fourth-order valence-corrected chi connectivity index (χ4v) is 4.70. The van der Waals surface area contributed by atoms with Gasteiger partial charge in [-0.3, -0.25) is 0 Å². The number of aliphatic hydroxyl groups is 1. The van der Waals surface area contributed by atoms with Crippen molar-refractivity contribution in [1.29, 1.82) is 0 Å². The minimum atomic E-state index is -4.82. The van der Waals surface area contributed by atoms with Crippen LogP contribution in [0.5, 0.6) is 0 Å². The second-order valence-electron chi connectivity index (χ2n) is 5.17. The Morgan fingerprint density at radius 2 is 1.48 bits per heavy atom. The topological polar surface area (TPSA) is 20.2 Å². The van der Waals surface area contributed by atoms with Gasteiger partial charge in [0, 0.05) is 5.56 Å². The Hall–Kier alpha value is -1.25. The molecule has 0 aromatic heterocycles. The van der Waals surface area contributed by atoms with Gasteiger partial charge in [0.15, 0.2) is 0 Å². The summed E-state index contributed by atoms with van der Waals surface area (Å²) < 4.78 is 40.0. The van der Waals surface area contributed by atoms with Gasteiger partial charge in [0.25, 0.3) is 0 Å². The third-order valence-electron chi connectivity index (χ3n) is 4.14. The van der Waals surface area contributed by atoms with Gasteiger partial charge in [-0.15, -0.1) is 5.54 Å². The third kappa shape index (κ3) is 3.69. The van der Waals surface area contributed by atoms with E-state index in [9.17, 15) is 18.3 Å². The minimum absolute atomic E-state index is 0.226. The smallest absolute Gasteiger partial charge is 0.366 e. The number of hydrogen-bond donors (Lipinski definition) is 1. The van der Waals surface area contributed by atoms with E-state index in [1.165, 1.54) is 24.3 Å². The molecule has 21 heavy (non-hydrogen) atoms.